The van der Waals surface area contributed by atoms with E-state index in [2.05, 4.69) is 15.2 Å². The average molecular weight is 335 g/mol. The lowest BCUT2D eigenvalue weighted by Crippen LogP contribution is -1.96. The summed E-state index contributed by atoms with van der Waals surface area (Å²) in [4.78, 5) is 15.3. The molecule has 0 unspecified atom stereocenters. The Kier molecular flexibility index (Phi) is 3.79. The molecule has 22 heavy (non-hydrogen) atoms. The summed E-state index contributed by atoms with van der Waals surface area (Å²) in [5.74, 6) is -1.10. The molecule has 0 amide bonds. The van der Waals surface area contributed by atoms with E-state index in [1.165, 1.54) is 4.40 Å². The standard InChI is InChI=1S/C14H8Cl2N4O2/c15-8-4-3-5-9(16)11(8)18-19-13-12(14(21)22)17-10-6-1-2-7-20(10)13/h1-7H,(H,21,22). The van der Waals surface area contributed by atoms with Crippen LogP contribution in [-0.2, 0) is 0 Å². The normalized spacial score (nSPS) is 11.4. The van der Waals surface area contributed by atoms with Crippen LogP contribution < -0.4 is 0 Å². The van der Waals surface area contributed by atoms with Crippen LogP contribution in [0.25, 0.3) is 5.65 Å². The number of hydrogen-bond donors (Lipinski definition) is 1. The van der Waals surface area contributed by atoms with E-state index in [0.29, 0.717) is 15.7 Å². The van der Waals surface area contributed by atoms with Crippen LogP contribution in [0.5, 0.6) is 0 Å². The molecule has 0 aliphatic rings. The minimum atomic E-state index is -1.19. The van der Waals surface area contributed by atoms with Crippen molar-refractivity contribution in [3.05, 3.63) is 58.3 Å². The molecule has 8 heteroatoms. The largest absolute Gasteiger partial charge is 0.476 e. The predicted octanol–water partition coefficient (Wildman–Crippen LogP) is 4.75. The van der Waals surface area contributed by atoms with Crippen molar-refractivity contribution >= 4 is 46.3 Å². The zero-order chi connectivity index (χ0) is 15.7. The number of imidazole rings is 1. The number of fused-ring (bicyclic) bond motifs is 1. The molecule has 1 N–H and O–H groups in total. The van der Waals surface area contributed by atoms with Gasteiger partial charge >= 0.3 is 5.97 Å². The molecule has 2 aromatic heterocycles. The van der Waals surface area contributed by atoms with Crippen molar-refractivity contribution in [3.63, 3.8) is 0 Å². The van der Waals surface area contributed by atoms with Gasteiger partial charge in [-0.3, -0.25) is 4.40 Å². The lowest BCUT2D eigenvalue weighted by atomic mass is 10.3. The highest BCUT2D eigenvalue weighted by atomic mass is 35.5. The predicted molar refractivity (Wildman–Crippen MR) is 82.8 cm³/mol. The maximum Gasteiger partial charge on any atom is 0.358 e. The Morgan fingerprint density at radius 1 is 1.09 bits per heavy atom. The van der Waals surface area contributed by atoms with E-state index in [9.17, 15) is 9.90 Å². The highest BCUT2D eigenvalue weighted by Gasteiger charge is 2.18. The van der Waals surface area contributed by atoms with Crippen molar-refractivity contribution in [3.8, 4) is 0 Å². The number of nitrogens with zero attached hydrogens (tertiary/aromatic N) is 4. The van der Waals surface area contributed by atoms with Gasteiger partial charge in [-0.15, -0.1) is 10.2 Å². The van der Waals surface area contributed by atoms with Gasteiger partial charge in [0, 0.05) is 6.20 Å². The van der Waals surface area contributed by atoms with Crippen LogP contribution in [0.1, 0.15) is 10.5 Å². The molecule has 0 atom stereocenters. The third-order valence-corrected chi connectivity index (χ3v) is 3.50. The molecule has 0 spiro atoms. The van der Waals surface area contributed by atoms with Crippen LogP contribution >= 0.6 is 23.2 Å². The van der Waals surface area contributed by atoms with Gasteiger partial charge in [-0.05, 0) is 24.3 Å². The van der Waals surface area contributed by atoms with Gasteiger partial charge in [0.15, 0.2) is 11.5 Å². The topological polar surface area (TPSA) is 79.3 Å². The number of benzene rings is 1. The number of carbonyl (C=O) groups is 1. The Bertz CT molecular complexity index is 885. The Balaban J connectivity index is 2.16. The molecule has 3 rings (SSSR count). The first-order chi connectivity index (χ1) is 10.6. The highest BCUT2D eigenvalue weighted by Crippen LogP contribution is 2.34. The van der Waals surface area contributed by atoms with Gasteiger partial charge in [0.2, 0.25) is 0 Å². The summed E-state index contributed by atoms with van der Waals surface area (Å²) in [6.45, 7) is 0. The van der Waals surface area contributed by atoms with E-state index in [1.807, 2.05) is 0 Å². The summed E-state index contributed by atoms with van der Waals surface area (Å²) in [6, 6.07) is 10.1. The van der Waals surface area contributed by atoms with Crippen molar-refractivity contribution in [2.75, 3.05) is 0 Å². The summed E-state index contributed by atoms with van der Waals surface area (Å²) < 4.78 is 1.53. The summed E-state index contributed by atoms with van der Waals surface area (Å²) >= 11 is 12.0. The second-order valence-corrected chi connectivity index (χ2v) is 5.10. The lowest BCUT2D eigenvalue weighted by molar-refractivity contribution is 0.0692. The van der Waals surface area contributed by atoms with Crippen LogP contribution in [0.4, 0.5) is 11.5 Å². The Hall–Kier alpha value is -2.44. The van der Waals surface area contributed by atoms with Gasteiger partial charge in [0.05, 0.1) is 10.0 Å². The third-order valence-electron chi connectivity index (χ3n) is 2.89. The van der Waals surface area contributed by atoms with Gasteiger partial charge in [0.1, 0.15) is 11.3 Å². The Morgan fingerprint density at radius 2 is 1.82 bits per heavy atom. The fourth-order valence-electron chi connectivity index (χ4n) is 1.90. The SMILES string of the molecule is O=C(O)c1nc2ccccn2c1N=Nc1c(Cl)cccc1Cl. The number of aromatic carboxylic acids is 1. The molecule has 1 aromatic carbocycles. The maximum absolute atomic E-state index is 11.3. The quantitative estimate of drug-likeness (QED) is 0.701. The highest BCUT2D eigenvalue weighted by molar-refractivity contribution is 6.38. The molecular weight excluding hydrogens is 327 g/mol. The van der Waals surface area contributed by atoms with Crippen LogP contribution in [0, 0.1) is 0 Å². The van der Waals surface area contributed by atoms with Crippen LogP contribution in [0.2, 0.25) is 10.0 Å². The number of rotatable bonds is 3. The number of carboxylic acids is 1. The second-order valence-electron chi connectivity index (χ2n) is 4.29. The first kappa shape index (κ1) is 14.5. The van der Waals surface area contributed by atoms with Gasteiger partial charge in [-0.2, -0.15) is 0 Å². The molecule has 6 nitrogen and oxygen atoms in total. The van der Waals surface area contributed by atoms with Crippen molar-refractivity contribution < 1.29 is 9.90 Å². The molecule has 0 fully saturated rings. The minimum Gasteiger partial charge on any atom is -0.476 e. The van der Waals surface area contributed by atoms with Gasteiger partial charge in [-0.25, -0.2) is 9.78 Å². The van der Waals surface area contributed by atoms with E-state index in [1.54, 1.807) is 42.6 Å². The fourth-order valence-corrected chi connectivity index (χ4v) is 2.38. The number of pyridine rings is 1. The van der Waals surface area contributed by atoms with Crippen molar-refractivity contribution in [2.24, 2.45) is 10.2 Å². The first-order valence-electron chi connectivity index (χ1n) is 6.14. The minimum absolute atomic E-state index is 0.0964. The zero-order valence-electron chi connectivity index (χ0n) is 10.9. The first-order valence-corrected chi connectivity index (χ1v) is 6.89. The molecule has 0 bridgehead atoms. The van der Waals surface area contributed by atoms with Crippen LogP contribution in [-0.4, -0.2) is 20.5 Å². The monoisotopic (exact) mass is 334 g/mol. The number of aromatic nitrogens is 2. The Morgan fingerprint density at radius 3 is 2.50 bits per heavy atom. The zero-order valence-corrected chi connectivity index (χ0v) is 12.5. The molecule has 2 heterocycles. The van der Waals surface area contributed by atoms with E-state index >= 15 is 0 Å². The molecule has 110 valence electrons. The summed E-state index contributed by atoms with van der Waals surface area (Å²) in [5, 5.41) is 17.8. The second kappa shape index (κ2) is 5.75. The smallest absolute Gasteiger partial charge is 0.358 e. The number of hydrogen-bond acceptors (Lipinski definition) is 4. The molecule has 3 aromatic rings. The molecule has 0 saturated heterocycles. The molecule has 0 aliphatic carbocycles. The molecule has 0 aliphatic heterocycles. The van der Waals surface area contributed by atoms with Gasteiger partial charge in [0.25, 0.3) is 0 Å². The van der Waals surface area contributed by atoms with E-state index in [4.69, 9.17) is 23.2 Å². The van der Waals surface area contributed by atoms with Crippen molar-refractivity contribution in [1.29, 1.82) is 0 Å². The van der Waals surface area contributed by atoms with Gasteiger partial charge < -0.3 is 5.11 Å². The van der Waals surface area contributed by atoms with Gasteiger partial charge in [-0.1, -0.05) is 35.3 Å². The number of azo groups is 1. The van der Waals surface area contributed by atoms with Crippen molar-refractivity contribution in [2.45, 2.75) is 0 Å². The summed E-state index contributed by atoms with van der Waals surface area (Å²) in [5.41, 5.74) is 0.533. The Labute approximate surface area is 134 Å². The number of halogens is 2. The van der Waals surface area contributed by atoms with Crippen LogP contribution in [0.15, 0.2) is 52.8 Å². The summed E-state index contributed by atoms with van der Waals surface area (Å²) in [6.07, 6.45) is 1.65. The van der Waals surface area contributed by atoms with E-state index in [-0.39, 0.29) is 17.2 Å². The van der Waals surface area contributed by atoms with Crippen molar-refractivity contribution in [1.82, 2.24) is 9.38 Å². The van der Waals surface area contributed by atoms with E-state index < -0.39 is 5.97 Å². The molecule has 0 radical (unpaired) electrons. The van der Waals surface area contributed by atoms with E-state index in [0.717, 1.165) is 0 Å². The average Bonchev–Trinajstić information content (AvgIpc) is 2.86. The molecule has 0 saturated carbocycles. The maximum atomic E-state index is 11.3. The summed E-state index contributed by atoms with van der Waals surface area (Å²) in [7, 11) is 0. The lowest BCUT2D eigenvalue weighted by Gasteiger charge is -1.99. The molecular formula is C14H8Cl2N4O2. The fraction of sp³-hybridized carbons (Fsp3) is 0. The third kappa shape index (κ3) is 2.54. The number of carboxylic acid groups (broad SMARTS) is 1. The van der Waals surface area contributed by atoms with Crippen LogP contribution in [0.3, 0.4) is 0 Å².